The Bertz CT molecular complexity index is 1460. The molecule has 0 unspecified atom stereocenters. The lowest BCUT2D eigenvalue weighted by atomic mass is 9.96. The standard InChI is InChI=1S/C26H31N3O5S2/c1-17-14-18(2)24-22(15-17)35-26(29(24)16-23(30)34-4)27-25(31)19-10-12-21(13-11-19)36(32,33)28(3)20-8-6-5-7-9-20/h10-15,20H,5-9,16H2,1-4H3. The average molecular weight is 530 g/mol. The van der Waals surface area contributed by atoms with Gasteiger partial charge in [0.25, 0.3) is 5.91 Å². The van der Waals surface area contributed by atoms with Gasteiger partial charge in [0.15, 0.2) is 4.80 Å². The third-order valence-corrected chi connectivity index (χ3v) is 9.64. The van der Waals surface area contributed by atoms with Gasteiger partial charge in [-0.2, -0.15) is 9.30 Å². The Labute approximate surface area is 215 Å². The van der Waals surface area contributed by atoms with Crippen molar-refractivity contribution in [2.24, 2.45) is 4.99 Å². The lowest BCUT2D eigenvalue weighted by Gasteiger charge is -2.30. The number of carbonyl (C=O) groups excluding carboxylic acids is 2. The number of hydrogen-bond donors (Lipinski definition) is 0. The van der Waals surface area contributed by atoms with Crippen molar-refractivity contribution < 1.29 is 22.7 Å². The van der Waals surface area contributed by atoms with Crippen molar-refractivity contribution in [3.05, 3.63) is 57.9 Å². The first-order valence-corrected chi connectivity index (χ1v) is 14.2. The molecule has 1 aromatic heterocycles. The second-order valence-corrected chi connectivity index (χ2v) is 12.2. The molecule has 0 radical (unpaired) electrons. The number of benzene rings is 2. The summed E-state index contributed by atoms with van der Waals surface area (Å²) in [6.45, 7) is 3.86. The molecule has 0 bridgehead atoms. The van der Waals surface area contributed by atoms with Crippen LogP contribution in [0, 0.1) is 13.8 Å². The topological polar surface area (TPSA) is 98.0 Å². The molecule has 1 aliphatic rings. The molecule has 36 heavy (non-hydrogen) atoms. The van der Waals surface area contributed by atoms with E-state index in [4.69, 9.17) is 4.74 Å². The van der Waals surface area contributed by atoms with Crippen LogP contribution in [-0.4, -0.2) is 49.4 Å². The molecule has 1 saturated carbocycles. The van der Waals surface area contributed by atoms with E-state index in [9.17, 15) is 18.0 Å². The molecule has 1 amide bonds. The number of rotatable bonds is 6. The van der Waals surface area contributed by atoms with Crippen LogP contribution in [0.1, 0.15) is 53.6 Å². The van der Waals surface area contributed by atoms with Crippen LogP contribution < -0.4 is 4.80 Å². The number of aromatic nitrogens is 1. The van der Waals surface area contributed by atoms with Gasteiger partial charge in [-0.05, 0) is 68.1 Å². The van der Waals surface area contributed by atoms with Crippen LogP contribution in [0.2, 0.25) is 0 Å². The zero-order chi connectivity index (χ0) is 26.0. The van der Waals surface area contributed by atoms with Gasteiger partial charge in [0, 0.05) is 18.7 Å². The fourth-order valence-electron chi connectivity index (χ4n) is 4.75. The van der Waals surface area contributed by atoms with E-state index < -0.39 is 21.9 Å². The monoisotopic (exact) mass is 529 g/mol. The molecular formula is C26H31N3O5S2. The van der Waals surface area contributed by atoms with E-state index in [0.717, 1.165) is 53.4 Å². The third-order valence-electron chi connectivity index (χ3n) is 6.69. The number of ether oxygens (including phenoxy) is 1. The minimum atomic E-state index is -3.65. The molecule has 1 aliphatic carbocycles. The molecule has 4 rings (SSSR count). The Kier molecular flexibility index (Phi) is 7.77. The largest absolute Gasteiger partial charge is 0.468 e. The molecule has 10 heteroatoms. The first-order chi connectivity index (χ1) is 17.1. The number of methoxy groups -OCH3 is 1. The van der Waals surface area contributed by atoms with Crippen LogP contribution in [0.4, 0.5) is 0 Å². The van der Waals surface area contributed by atoms with Gasteiger partial charge in [0.2, 0.25) is 10.0 Å². The van der Waals surface area contributed by atoms with Crippen LogP contribution in [-0.2, 0) is 26.1 Å². The van der Waals surface area contributed by atoms with Gasteiger partial charge in [-0.15, -0.1) is 0 Å². The van der Waals surface area contributed by atoms with E-state index in [0.29, 0.717) is 4.80 Å². The lowest BCUT2D eigenvalue weighted by Crippen LogP contribution is -2.38. The van der Waals surface area contributed by atoms with E-state index in [1.165, 1.54) is 47.0 Å². The van der Waals surface area contributed by atoms with Gasteiger partial charge in [-0.25, -0.2) is 8.42 Å². The fraction of sp³-hybridized carbons (Fsp3) is 0.423. The van der Waals surface area contributed by atoms with Gasteiger partial charge < -0.3 is 9.30 Å². The maximum absolute atomic E-state index is 13.1. The van der Waals surface area contributed by atoms with E-state index in [1.54, 1.807) is 11.6 Å². The van der Waals surface area contributed by atoms with Crippen LogP contribution in [0.15, 0.2) is 46.3 Å². The number of aryl methyl sites for hydroxylation is 2. The first kappa shape index (κ1) is 26.2. The van der Waals surface area contributed by atoms with Gasteiger partial charge in [0.05, 0.1) is 22.2 Å². The zero-order valence-corrected chi connectivity index (χ0v) is 22.6. The van der Waals surface area contributed by atoms with Crippen molar-refractivity contribution >= 4 is 43.5 Å². The molecule has 8 nitrogen and oxygen atoms in total. The Morgan fingerprint density at radius 3 is 2.42 bits per heavy atom. The molecule has 3 aromatic rings. The van der Waals surface area contributed by atoms with Gasteiger partial charge >= 0.3 is 5.97 Å². The van der Waals surface area contributed by atoms with Gasteiger partial charge in [0.1, 0.15) is 6.54 Å². The molecule has 0 N–H and O–H groups in total. The van der Waals surface area contributed by atoms with Crippen LogP contribution in [0.3, 0.4) is 0 Å². The second-order valence-electron chi connectivity index (χ2n) is 9.23. The molecule has 0 spiro atoms. The van der Waals surface area contributed by atoms with Gasteiger partial charge in [-0.3, -0.25) is 9.59 Å². The SMILES string of the molecule is COC(=O)Cn1c(=NC(=O)c2ccc(S(=O)(=O)N(C)C3CCCCC3)cc2)sc2cc(C)cc(C)c21. The van der Waals surface area contributed by atoms with Crippen LogP contribution in [0.25, 0.3) is 10.2 Å². The average Bonchev–Trinajstić information content (AvgIpc) is 3.20. The third kappa shape index (κ3) is 5.30. The number of fused-ring (bicyclic) bond motifs is 1. The summed E-state index contributed by atoms with van der Waals surface area (Å²) in [5.41, 5.74) is 3.13. The van der Waals surface area contributed by atoms with Crippen LogP contribution in [0.5, 0.6) is 0 Å². The van der Waals surface area contributed by atoms with E-state index in [1.807, 2.05) is 26.0 Å². The van der Waals surface area contributed by atoms with Crippen molar-refractivity contribution in [2.75, 3.05) is 14.2 Å². The maximum atomic E-state index is 13.1. The number of esters is 1. The van der Waals surface area contributed by atoms with Crippen molar-refractivity contribution in [1.29, 1.82) is 0 Å². The summed E-state index contributed by atoms with van der Waals surface area (Å²) in [6, 6.07) is 9.90. The molecule has 0 atom stereocenters. The highest BCUT2D eigenvalue weighted by atomic mass is 32.2. The minimum Gasteiger partial charge on any atom is -0.468 e. The Hall–Kier alpha value is -2.82. The van der Waals surface area contributed by atoms with Crippen molar-refractivity contribution in [1.82, 2.24) is 8.87 Å². The van der Waals surface area contributed by atoms with Gasteiger partial charge in [-0.1, -0.05) is 36.7 Å². The summed E-state index contributed by atoms with van der Waals surface area (Å²) in [5, 5.41) is 0. The van der Waals surface area contributed by atoms with Crippen molar-refractivity contribution in [3.8, 4) is 0 Å². The number of hydrogen-bond acceptors (Lipinski definition) is 6. The zero-order valence-electron chi connectivity index (χ0n) is 21.0. The predicted molar refractivity (Wildman–Crippen MR) is 139 cm³/mol. The summed E-state index contributed by atoms with van der Waals surface area (Å²) >= 11 is 1.32. The maximum Gasteiger partial charge on any atom is 0.325 e. The molecule has 192 valence electrons. The number of thiazole rings is 1. The summed E-state index contributed by atoms with van der Waals surface area (Å²) in [7, 11) is -0.704. The minimum absolute atomic E-state index is 0.00497. The smallest absolute Gasteiger partial charge is 0.325 e. The molecule has 1 fully saturated rings. The van der Waals surface area contributed by atoms with Crippen LogP contribution >= 0.6 is 11.3 Å². The Morgan fingerprint density at radius 1 is 1.11 bits per heavy atom. The quantitative estimate of drug-likeness (QED) is 0.446. The highest BCUT2D eigenvalue weighted by molar-refractivity contribution is 7.89. The summed E-state index contributed by atoms with van der Waals surface area (Å²) in [4.78, 5) is 30.0. The predicted octanol–water partition coefficient (Wildman–Crippen LogP) is 4.19. The molecule has 0 saturated heterocycles. The summed E-state index contributed by atoms with van der Waals surface area (Å²) in [5.74, 6) is -0.959. The highest BCUT2D eigenvalue weighted by Crippen LogP contribution is 2.27. The Balaban J connectivity index is 1.66. The summed E-state index contributed by atoms with van der Waals surface area (Å²) < 4.78 is 35.1. The second kappa shape index (κ2) is 10.7. The number of carbonyl (C=O) groups is 2. The number of sulfonamides is 1. The molecular weight excluding hydrogens is 498 g/mol. The van der Waals surface area contributed by atoms with E-state index >= 15 is 0 Å². The van der Waals surface area contributed by atoms with Crippen molar-refractivity contribution in [3.63, 3.8) is 0 Å². The molecule has 2 aromatic carbocycles. The lowest BCUT2D eigenvalue weighted by molar-refractivity contribution is -0.141. The first-order valence-electron chi connectivity index (χ1n) is 12.0. The number of amides is 1. The molecule has 1 heterocycles. The Morgan fingerprint density at radius 2 is 1.78 bits per heavy atom. The van der Waals surface area contributed by atoms with Crippen molar-refractivity contribution in [2.45, 2.75) is 63.4 Å². The highest BCUT2D eigenvalue weighted by Gasteiger charge is 2.29. The summed E-state index contributed by atoms with van der Waals surface area (Å²) in [6.07, 6.45) is 4.94. The van der Waals surface area contributed by atoms with E-state index in [-0.39, 0.29) is 23.0 Å². The number of nitrogens with zero attached hydrogens (tertiary/aromatic N) is 3. The normalized spacial score (nSPS) is 15.5. The van der Waals surface area contributed by atoms with E-state index in [2.05, 4.69) is 4.99 Å². The fourth-order valence-corrected chi connectivity index (χ4v) is 7.37. The molecule has 0 aliphatic heterocycles.